The summed E-state index contributed by atoms with van der Waals surface area (Å²) in [4.78, 5) is 28.4. The SMILES string of the molecule is COc1ccc(C(=O)N/N=C(\C)CC(=O)Nc2cc(C)ccn2)c(OC)c1. The summed E-state index contributed by atoms with van der Waals surface area (Å²) >= 11 is 0. The Hall–Kier alpha value is -3.42. The molecular formula is C19H22N4O4. The number of ether oxygens (including phenoxy) is 2. The Morgan fingerprint density at radius 1 is 1.15 bits per heavy atom. The number of methoxy groups -OCH3 is 2. The molecule has 2 aromatic rings. The Balaban J connectivity index is 1.96. The number of amides is 2. The number of carbonyl (C=O) groups excluding carboxylic acids is 2. The van der Waals surface area contributed by atoms with Crippen LogP contribution in [-0.2, 0) is 4.79 Å². The summed E-state index contributed by atoms with van der Waals surface area (Å²) < 4.78 is 10.3. The molecule has 0 bridgehead atoms. The second-order valence-corrected chi connectivity index (χ2v) is 5.80. The number of nitrogens with one attached hydrogen (secondary N) is 2. The van der Waals surface area contributed by atoms with Gasteiger partial charge in [-0.05, 0) is 43.7 Å². The van der Waals surface area contributed by atoms with Gasteiger partial charge in [0, 0.05) is 18.0 Å². The fraction of sp³-hybridized carbons (Fsp3) is 0.263. The van der Waals surface area contributed by atoms with E-state index in [9.17, 15) is 9.59 Å². The van der Waals surface area contributed by atoms with E-state index in [-0.39, 0.29) is 12.3 Å². The second kappa shape index (κ2) is 9.33. The minimum Gasteiger partial charge on any atom is -0.497 e. The number of aryl methyl sites for hydroxylation is 1. The maximum atomic E-state index is 12.3. The van der Waals surface area contributed by atoms with Crippen LogP contribution in [0.1, 0.15) is 29.3 Å². The quantitative estimate of drug-likeness (QED) is 0.576. The molecule has 0 aliphatic carbocycles. The Morgan fingerprint density at radius 2 is 1.93 bits per heavy atom. The first-order chi connectivity index (χ1) is 12.9. The van der Waals surface area contributed by atoms with Gasteiger partial charge in [0.05, 0.1) is 26.2 Å². The van der Waals surface area contributed by atoms with Gasteiger partial charge < -0.3 is 14.8 Å². The van der Waals surface area contributed by atoms with Crippen LogP contribution in [0.25, 0.3) is 0 Å². The summed E-state index contributed by atoms with van der Waals surface area (Å²) in [6.07, 6.45) is 1.64. The number of rotatable bonds is 7. The lowest BCUT2D eigenvalue weighted by molar-refractivity contribution is -0.115. The van der Waals surface area contributed by atoms with Crippen molar-refractivity contribution in [1.82, 2.24) is 10.4 Å². The van der Waals surface area contributed by atoms with E-state index in [1.165, 1.54) is 14.2 Å². The van der Waals surface area contributed by atoms with Crippen LogP contribution in [-0.4, -0.2) is 36.7 Å². The molecule has 0 aliphatic rings. The summed E-state index contributed by atoms with van der Waals surface area (Å²) in [7, 11) is 2.99. The molecule has 1 heterocycles. The number of hydrogen-bond acceptors (Lipinski definition) is 6. The van der Waals surface area contributed by atoms with Crippen molar-refractivity contribution >= 4 is 23.3 Å². The molecule has 0 unspecified atom stereocenters. The molecule has 0 atom stereocenters. The number of benzene rings is 1. The minimum atomic E-state index is -0.449. The van der Waals surface area contributed by atoms with Crippen molar-refractivity contribution < 1.29 is 19.1 Å². The molecule has 1 aromatic carbocycles. The van der Waals surface area contributed by atoms with Crippen molar-refractivity contribution in [3.05, 3.63) is 47.7 Å². The van der Waals surface area contributed by atoms with E-state index in [0.29, 0.717) is 28.6 Å². The molecule has 8 nitrogen and oxygen atoms in total. The lowest BCUT2D eigenvalue weighted by Crippen LogP contribution is -2.22. The average Bonchev–Trinajstić information content (AvgIpc) is 2.65. The third-order valence-electron chi connectivity index (χ3n) is 3.60. The van der Waals surface area contributed by atoms with E-state index < -0.39 is 5.91 Å². The highest BCUT2D eigenvalue weighted by atomic mass is 16.5. The fourth-order valence-corrected chi connectivity index (χ4v) is 2.26. The van der Waals surface area contributed by atoms with Gasteiger partial charge in [-0.2, -0.15) is 5.10 Å². The first-order valence-electron chi connectivity index (χ1n) is 8.21. The van der Waals surface area contributed by atoms with E-state index in [2.05, 4.69) is 20.8 Å². The summed E-state index contributed by atoms with van der Waals surface area (Å²) in [5.41, 5.74) is 4.17. The van der Waals surface area contributed by atoms with Crippen LogP contribution in [0.15, 0.2) is 41.6 Å². The highest BCUT2D eigenvalue weighted by Gasteiger charge is 2.13. The lowest BCUT2D eigenvalue weighted by Gasteiger charge is -2.09. The molecule has 8 heteroatoms. The Morgan fingerprint density at radius 3 is 2.59 bits per heavy atom. The number of aromatic nitrogens is 1. The third kappa shape index (κ3) is 5.81. The molecule has 1 aromatic heterocycles. The number of anilines is 1. The van der Waals surface area contributed by atoms with Gasteiger partial charge in [0.1, 0.15) is 17.3 Å². The fourth-order valence-electron chi connectivity index (χ4n) is 2.26. The second-order valence-electron chi connectivity index (χ2n) is 5.80. The topological polar surface area (TPSA) is 102 Å². The van der Waals surface area contributed by atoms with Crippen molar-refractivity contribution in [3.63, 3.8) is 0 Å². The highest BCUT2D eigenvalue weighted by Crippen LogP contribution is 2.24. The molecule has 2 rings (SSSR count). The van der Waals surface area contributed by atoms with Crippen LogP contribution >= 0.6 is 0 Å². The normalized spacial score (nSPS) is 10.9. The maximum absolute atomic E-state index is 12.3. The van der Waals surface area contributed by atoms with Gasteiger partial charge in [-0.15, -0.1) is 0 Å². The summed E-state index contributed by atoms with van der Waals surface area (Å²) in [5.74, 6) is 0.688. The van der Waals surface area contributed by atoms with E-state index >= 15 is 0 Å². The van der Waals surface area contributed by atoms with Gasteiger partial charge in [-0.1, -0.05) is 0 Å². The first kappa shape index (κ1) is 19.9. The molecule has 27 heavy (non-hydrogen) atoms. The van der Waals surface area contributed by atoms with E-state index in [1.54, 1.807) is 37.4 Å². The summed E-state index contributed by atoms with van der Waals surface area (Å²) in [5, 5.41) is 6.65. The third-order valence-corrected chi connectivity index (χ3v) is 3.60. The van der Waals surface area contributed by atoms with Crippen LogP contribution in [0, 0.1) is 6.92 Å². The molecule has 142 valence electrons. The molecule has 0 aliphatic heterocycles. The molecular weight excluding hydrogens is 348 g/mol. The standard InChI is InChI=1S/C19H22N4O4/c1-12-7-8-20-17(9-12)21-18(24)10-13(2)22-23-19(25)15-6-5-14(26-3)11-16(15)27-4/h5-9,11H,10H2,1-4H3,(H,23,25)(H,20,21,24)/b22-13+. The smallest absolute Gasteiger partial charge is 0.275 e. The zero-order valence-corrected chi connectivity index (χ0v) is 15.7. The Kier molecular flexibility index (Phi) is 6.87. The van der Waals surface area contributed by atoms with Crippen LogP contribution in [0.4, 0.5) is 5.82 Å². The van der Waals surface area contributed by atoms with Crippen molar-refractivity contribution in [3.8, 4) is 11.5 Å². The molecule has 0 saturated heterocycles. The number of pyridine rings is 1. The van der Waals surface area contributed by atoms with Gasteiger partial charge in [0.2, 0.25) is 5.91 Å². The Labute approximate surface area is 157 Å². The van der Waals surface area contributed by atoms with Gasteiger partial charge in [0.15, 0.2) is 0 Å². The van der Waals surface area contributed by atoms with Gasteiger partial charge in [0.25, 0.3) is 5.91 Å². The van der Waals surface area contributed by atoms with Crippen LogP contribution in [0.5, 0.6) is 11.5 Å². The molecule has 0 spiro atoms. The lowest BCUT2D eigenvalue weighted by atomic mass is 10.2. The summed E-state index contributed by atoms with van der Waals surface area (Å²) in [6, 6.07) is 8.44. The maximum Gasteiger partial charge on any atom is 0.275 e. The average molecular weight is 370 g/mol. The predicted molar refractivity (Wildman–Crippen MR) is 102 cm³/mol. The zero-order chi connectivity index (χ0) is 19.8. The first-order valence-corrected chi connectivity index (χ1v) is 8.21. The molecule has 2 N–H and O–H groups in total. The molecule has 2 amide bonds. The van der Waals surface area contributed by atoms with Crippen molar-refractivity contribution in [2.24, 2.45) is 5.10 Å². The molecule has 0 radical (unpaired) electrons. The van der Waals surface area contributed by atoms with E-state index in [4.69, 9.17) is 9.47 Å². The van der Waals surface area contributed by atoms with Crippen LogP contribution < -0.4 is 20.2 Å². The predicted octanol–water partition coefficient (Wildman–Crippen LogP) is 2.54. The van der Waals surface area contributed by atoms with Gasteiger partial charge in [-0.3, -0.25) is 9.59 Å². The molecule has 0 saturated carbocycles. The van der Waals surface area contributed by atoms with Crippen LogP contribution in [0.2, 0.25) is 0 Å². The number of carbonyl (C=O) groups is 2. The highest BCUT2D eigenvalue weighted by molar-refractivity contribution is 6.06. The van der Waals surface area contributed by atoms with Crippen molar-refractivity contribution in [2.75, 3.05) is 19.5 Å². The van der Waals surface area contributed by atoms with Crippen molar-refractivity contribution in [1.29, 1.82) is 0 Å². The van der Waals surface area contributed by atoms with E-state index in [1.807, 2.05) is 13.0 Å². The van der Waals surface area contributed by atoms with E-state index in [0.717, 1.165) is 5.56 Å². The van der Waals surface area contributed by atoms with Gasteiger partial charge >= 0.3 is 0 Å². The number of nitrogens with zero attached hydrogens (tertiary/aromatic N) is 2. The van der Waals surface area contributed by atoms with Gasteiger partial charge in [-0.25, -0.2) is 10.4 Å². The Bertz CT molecular complexity index is 865. The van der Waals surface area contributed by atoms with Crippen LogP contribution in [0.3, 0.4) is 0 Å². The largest absolute Gasteiger partial charge is 0.497 e. The monoisotopic (exact) mass is 370 g/mol. The molecule has 0 fully saturated rings. The van der Waals surface area contributed by atoms with Crippen molar-refractivity contribution in [2.45, 2.75) is 20.3 Å². The number of hydrazone groups is 1. The summed E-state index contributed by atoms with van der Waals surface area (Å²) in [6.45, 7) is 3.56. The number of hydrogen-bond donors (Lipinski definition) is 2. The minimum absolute atomic E-state index is 0.0235. The zero-order valence-electron chi connectivity index (χ0n) is 15.7.